The highest BCUT2D eigenvalue weighted by molar-refractivity contribution is 7.11. The lowest BCUT2D eigenvalue weighted by Crippen LogP contribution is -2.38. The topological polar surface area (TPSA) is 62.2 Å². The minimum Gasteiger partial charge on any atom is -0.357 e. The van der Waals surface area contributed by atoms with E-state index >= 15 is 0 Å². The first-order valence-corrected chi connectivity index (χ1v) is 10.3. The molecule has 24 heavy (non-hydrogen) atoms. The summed E-state index contributed by atoms with van der Waals surface area (Å²) in [5.74, 6) is 0.871. The summed E-state index contributed by atoms with van der Waals surface area (Å²) in [7, 11) is 0. The molecule has 0 aliphatic heterocycles. The summed E-state index contributed by atoms with van der Waals surface area (Å²) in [6.45, 7) is 8.84. The third kappa shape index (κ3) is 6.20. The van der Waals surface area contributed by atoms with E-state index in [4.69, 9.17) is 0 Å². The van der Waals surface area contributed by atoms with Crippen molar-refractivity contribution in [2.24, 2.45) is 4.99 Å². The van der Waals surface area contributed by atoms with Crippen molar-refractivity contribution < 1.29 is 0 Å². The van der Waals surface area contributed by atoms with Crippen LogP contribution in [0.5, 0.6) is 0 Å². The van der Waals surface area contributed by atoms with Crippen molar-refractivity contribution in [1.29, 1.82) is 0 Å². The molecule has 0 bridgehead atoms. The summed E-state index contributed by atoms with van der Waals surface area (Å²) in [4.78, 5) is 15.0. The average molecular weight is 366 g/mol. The maximum absolute atomic E-state index is 4.64. The Morgan fingerprint density at radius 2 is 2.00 bits per heavy atom. The molecule has 2 aromatic heterocycles. The predicted molar refractivity (Wildman–Crippen MR) is 104 cm³/mol. The number of hydrogen-bond acceptors (Lipinski definition) is 5. The molecule has 132 valence electrons. The summed E-state index contributed by atoms with van der Waals surface area (Å²) < 4.78 is 0. The second-order valence-electron chi connectivity index (χ2n) is 5.35. The number of aryl methyl sites for hydroxylation is 2. The van der Waals surface area contributed by atoms with Crippen molar-refractivity contribution in [2.45, 2.75) is 46.5 Å². The molecule has 0 atom stereocenters. The first-order valence-electron chi connectivity index (χ1n) is 8.64. The first-order chi connectivity index (χ1) is 11.7. The molecule has 2 rings (SSSR count). The zero-order valence-corrected chi connectivity index (χ0v) is 16.4. The smallest absolute Gasteiger partial charge is 0.191 e. The summed E-state index contributed by atoms with van der Waals surface area (Å²) in [5.41, 5.74) is 1.16. The Hall–Kier alpha value is -1.47. The zero-order chi connectivity index (χ0) is 17.2. The van der Waals surface area contributed by atoms with E-state index < -0.39 is 0 Å². The summed E-state index contributed by atoms with van der Waals surface area (Å²) >= 11 is 3.53. The highest BCUT2D eigenvalue weighted by Crippen LogP contribution is 2.13. The van der Waals surface area contributed by atoms with Gasteiger partial charge in [-0.25, -0.2) is 9.97 Å². The van der Waals surface area contributed by atoms with Gasteiger partial charge in [-0.3, -0.25) is 4.99 Å². The molecule has 0 aromatic carbocycles. The molecule has 2 heterocycles. The van der Waals surface area contributed by atoms with Crippen molar-refractivity contribution in [3.63, 3.8) is 0 Å². The van der Waals surface area contributed by atoms with Gasteiger partial charge in [0, 0.05) is 48.9 Å². The van der Waals surface area contributed by atoms with Gasteiger partial charge in [-0.1, -0.05) is 13.8 Å². The van der Waals surface area contributed by atoms with Gasteiger partial charge in [0.25, 0.3) is 0 Å². The molecule has 5 nitrogen and oxygen atoms in total. The van der Waals surface area contributed by atoms with E-state index in [0.29, 0.717) is 0 Å². The van der Waals surface area contributed by atoms with Crippen molar-refractivity contribution in [3.8, 4) is 0 Å². The molecular formula is C17H27N5S2. The van der Waals surface area contributed by atoms with Crippen LogP contribution in [0.15, 0.2) is 16.6 Å². The Morgan fingerprint density at radius 3 is 2.67 bits per heavy atom. The van der Waals surface area contributed by atoms with Crippen LogP contribution in [-0.4, -0.2) is 35.6 Å². The van der Waals surface area contributed by atoms with Crippen molar-refractivity contribution >= 4 is 28.6 Å². The molecular weight excluding hydrogens is 338 g/mol. The number of aliphatic imine (C=N–C) groups is 1. The second kappa shape index (κ2) is 10.4. The highest BCUT2D eigenvalue weighted by Gasteiger charge is 2.03. The number of thiazole rings is 2. The third-order valence-corrected chi connectivity index (χ3v) is 5.71. The van der Waals surface area contributed by atoms with Crippen molar-refractivity contribution in [1.82, 2.24) is 20.6 Å². The molecule has 0 saturated heterocycles. The van der Waals surface area contributed by atoms with Crippen molar-refractivity contribution in [3.05, 3.63) is 32.2 Å². The van der Waals surface area contributed by atoms with Crippen LogP contribution in [0.3, 0.4) is 0 Å². The molecule has 0 fully saturated rings. The fraction of sp³-hybridized carbons (Fsp3) is 0.588. The van der Waals surface area contributed by atoms with E-state index in [2.05, 4.69) is 51.7 Å². The van der Waals surface area contributed by atoms with E-state index in [0.717, 1.165) is 57.0 Å². The minimum absolute atomic E-state index is 0.753. The van der Waals surface area contributed by atoms with E-state index in [-0.39, 0.29) is 0 Å². The first kappa shape index (κ1) is 18.9. The van der Waals surface area contributed by atoms with Crippen LogP contribution < -0.4 is 10.6 Å². The molecule has 7 heteroatoms. The molecule has 0 aliphatic rings. The molecule has 0 radical (unpaired) electrons. The van der Waals surface area contributed by atoms with E-state index in [1.807, 2.05) is 6.20 Å². The van der Waals surface area contributed by atoms with Gasteiger partial charge in [0.15, 0.2) is 5.96 Å². The fourth-order valence-corrected chi connectivity index (χ4v) is 3.80. The summed E-state index contributed by atoms with van der Waals surface area (Å²) in [6, 6.07) is 0. The largest absolute Gasteiger partial charge is 0.357 e. The quantitative estimate of drug-likeness (QED) is 0.529. The van der Waals surface area contributed by atoms with Gasteiger partial charge in [0.2, 0.25) is 0 Å². The number of nitrogens with one attached hydrogen (secondary N) is 2. The van der Waals surface area contributed by atoms with Crippen LogP contribution in [-0.2, 0) is 25.7 Å². The molecule has 0 unspecified atom stereocenters. The average Bonchev–Trinajstić information content (AvgIpc) is 3.24. The Kier molecular flexibility index (Phi) is 8.18. The van der Waals surface area contributed by atoms with E-state index in [1.165, 1.54) is 14.9 Å². The van der Waals surface area contributed by atoms with Gasteiger partial charge < -0.3 is 10.6 Å². The number of rotatable bonds is 9. The van der Waals surface area contributed by atoms with Crippen LogP contribution in [0.4, 0.5) is 0 Å². The number of hydrogen-bond donors (Lipinski definition) is 2. The van der Waals surface area contributed by atoms with E-state index in [9.17, 15) is 0 Å². The van der Waals surface area contributed by atoms with Gasteiger partial charge in [0.1, 0.15) is 0 Å². The van der Waals surface area contributed by atoms with Crippen LogP contribution in [0.25, 0.3) is 0 Å². The van der Waals surface area contributed by atoms with Gasteiger partial charge >= 0.3 is 0 Å². The maximum atomic E-state index is 4.64. The maximum Gasteiger partial charge on any atom is 0.191 e. The third-order valence-electron chi connectivity index (χ3n) is 3.47. The van der Waals surface area contributed by atoms with Crippen LogP contribution in [0.2, 0.25) is 0 Å². The Bertz CT molecular complexity index is 632. The monoisotopic (exact) mass is 365 g/mol. The SMILES string of the molecule is CCNC(=NCCc1ncc(CC)s1)NCCc1csc(CC)n1. The normalized spacial score (nSPS) is 11.7. The van der Waals surface area contributed by atoms with Crippen LogP contribution in [0, 0.1) is 0 Å². The molecule has 0 aliphatic carbocycles. The molecule has 0 spiro atoms. The minimum atomic E-state index is 0.753. The van der Waals surface area contributed by atoms with Crippen LogP contribution >= 0.6 is 22.7 Å². The lowest BCUT2D eigenvalue weighted by Gasteiger charge is -2.10. The van der Waals surface area contributed by atoms with Gasteiger partial charge in [-0.05, 0) is 19.8 Å². The van der Waals surface area contributed by atoms with Gasteiger partial charge in [-0.15, -0.1) is 22.7 Å². The molecule has 2 aromatic rings. The lowest BCUT2D eigenvalue weighted by molar-refractivity contribution is 0.786. The van der Waals surface area contributed by atoms with Gasteiger partial charge in [0.05, 0.1) is 15.7 Å². The van der Waals surface area contributed by atoms with Crippen molar-refractivity contribution in [2.75, 3.05) is 19.6 Å². The summed E-state index contributed by atoms with van der Waals surface area (Å²) in [6.07, 6.45) is 5.87. The molecule has 2 N–H and O–H groups in total. The lowest BCUT2D eigenvalue weighted by atomic mass is 10.3. The number of aromatic nitrogens is 2. The highest BCUT2D eigenvalue weighted by atomic mass is 32.1. The number of guanidine groups is 1. The second-order valence-corrected chi connectivity index (χ2v) is 7.49. The zero-order valence-electron chi connectivity index (χ0n) is 14.8. The standard InChI is InChI=1S/C17H27N5S2/c1-4-14-11-21-16(24-14)8-10-20-17(18-6-3)19-9-7-13-12-23-15(5-2)22-13/h11-12H,4-10H2,1-3H3,(H2,18,19,20). The molecule has 0 amide bonds. The number of nitrogens with zero attached hydrogens (tertiary/aromatic N) is 3. The fourth-order valence-electron chi connectivity index (χ4n) is 2.17. The molecule has 0 saturated carbocycles. The van der Waals surface area contributed by atoms with Crippen LogP contribution in [0.1, 0.15) is 41.4 Å². The van der Waals surface area contributed by atoms with Gasteiger partial charge in [-0.2, -0.15) is 0 Å². The van der Waals surface area contributed by atoms with E-state index in [1.54, 1.807) is 22.7 Å². The summed E-state index contributed by atoms with van der Waals surface area (Å²) in [5, 5.41) is 11.2. The Labute approximate surface area is 152 Å². The Balaban J connectivity index is 1.77. The Morgan fingerprint density at radius 1 is 1.12 bits per heavy atom. The predicted octanol–water partition coefficient (Wildman–Crippen LogP) is 3.06.